The third-order valence-electron chi connectivity index (χ3n) is 15.4. The van der Waals surface area contributed by atoms with Crippen LogP contribution >= 0.6 is 0 Å². The van der Waals surface area contributed by atoms with Gasteiger partial charge in [-0.05, 0) is 44.9 Å². The molecule has 458 valence electrons. The van der Waals surface area contributed by atoms with Gasteiger partial charge in [0.1, 0.15) is 55.4 Å². The molecule has 2 aliphatic heterocycles. The minimum Gasteiger partial charge on any atom is -0.462 e. The van der Waals surface area contributed by atoms with E-state index in [1.54, 1.807) is 0 Å². The molecule has 15 nitrogen and oxygen atoms in total. The highest BCUT2D eigenvalue weighted by Crippen LogP contribution is 2.27. The topological polar surface area (TPSA) is 231 Å². The molecule has 2 heterocycles. The number of esters is 2. The van der Waals surface area contributed by atoms with Gasteiger partial charge in [0.15, 0.2) is 18.7 Å². The summed E-state index contributed by atoms with van der Waals surface area (Å²) in [5, 5.41) is 72.4. The van der Waals surface area contributed by atoms with Crippen LogP contribution in [0.3, 0.4) is 0 Å². The Morgan fingerprint density at radius 1 is 0.397 bits per heavy atom. The first kappa shape index (κ1) is 72.1. The highest BCUT2D eigenvalue weighted by molar-refractivity contribution is 5.70. The summed E-state index contributed by atoms with van der Waals surface area (Å²) in [6, 6.07) is 0. The molecule has 0 aromatic heterocycles. The lowest BCUT2D eigenvalue weighted by molar-refractivity contribution is -0.332. The summed E-state index contributed by atoms with van der Waals surface area (Å²) in [7, 11) is 0. The molecule has 2 fully saturated rings. The molecule has 2 saturated heterocycles. The fraction of sp³-hybridized carbons (Fsp3) is 0.905. The van der Waals surface area contributed by atoms with Crippen molar-refractivity contribution in [3.8, 4) is 0 Å². The molecule has 2 aliphatic rings. The van der Waals surface area contributed by atoms with Crippen molar-refractivity contribution in [2.75, 3.05) is 26.4 Å². The quantitative estimate of drug-likeness (QED) is 0.0171. The van der Waals surface area contributed by atoms with Crippen LogP contribution < -0.4 is 0 Å². The van der Waals surface area contributed by atoms with Crippen LogP contribution in [-0.4, -0.2) is 142 Å². The highest BCUT2D eigenvalue weighted by atomic mass is 16.7. The first-order chi connectivity index (χ1) is 38.0. The molecule has 0 amide bonds. The number of hydrogen-bond acceptors (Lipinski definition) is 15. The summed E-state index contributed by atoms with van der Waals surface area (Å²) >= 11 is 0. The minimum absolute atomic E-state index is 0.109. The predicted molar refractivity (Wildman–Crippen MR) is 307 cm³/mol. The standard InChI is InChI=1S/C63H116O15/c1-3-5-7-9-11-13-15-17-19-21-23-24-25-26-28-30-32-34-36-38-40-42-44-46-55(66)76-51(48-73-54(65)45-43-41-39-37-35-33-31-29-27-22-20-18-16-14-12-10-8-6-4-2)49-74-62-61(72)59(70)57(68)53(78-62)50-75-63-60(71)58(69)56(67)52(47-64)77-63/h30,32,38,40,51-53,56-64,67-72H,3-29,31,33-37,39,41-50H2,1-2H3/b32-30+,40-38+/t51-,52+,53+,56-,57-,58?,59?,60?,61?,62+,63+/m1/s1. The van der Waals surface area contributed by atoms with E-state index >= 15 is 0 Å². The number of aliphatic hydroxyl groups excluding tert-OH is 7. The Balaban J connectivity index is 1.73. The van der Waals surface area contributed by atoms with Gasteiger partial charge in [0.25, 0.3) is 0 Å². The number of carbonyl (C=O) groups is 2. The van der Waals surface area contributed by atoms with Gasteiger partial charge < -0.3 is 64.2 Å². The number of aliphatic hydroxyl groups is 7. The summed E-state index contributed by atoms with van der Waals surface area (Å²) in [4.78, 5) is 25.9. The average molecular weight is 1110 g/mol. The largest absolute Gasteiger partial charge is 0.462 e. The number of unbranched alkanes of at least 4 members (excludes halogenated alkanes) is 34. The van der Waals surface area contributed by atoms with E-state index in [1.165, 1.54) is 186 Å². The van der Waals surface area contributed by atoms with Gasteiger partial charge in [-0.1, -0.05) is 237 Å². The molecule has 0 saturated carbocycles. The van der Waals surface area contributed by atoms with Crippen LogP contribution in [0.5, 0.6) is 0 Å². The maximum absolute atomic E-state index is 13.1. The summed E-state index contributed by atoms with van der Waals surface area (Å²) in [6.45, 7) is 2.62. The first-order valence-corrected chi connectivity index (χ1v) is 31.9. The van der Waals surface area contributed by atoms with Gasteiger partial charge in [0.2, 0.25) is 0 Å². The average Bonchev–Trinajstić information content (AvgIpc) is 3.44. The van der Waals surface area contributed by atoms with Crippen LogP contribution in [0.4, 0.5) is 0 Å². The first-order valence-electron chi connectivity index (χ1n) is 31.9. The maximum Gasteiger partial charge on any atom is 0.306 e. The number of hydrogen-bond donors (Lipinski definition) is 7. The van der Waals surface area contributed by atoms with E-state index in [1.807, 2.05) is 0 Å². The minimum atomic E-state index is -1.77. The molecular formula is C63H116O15. The molecule has 78 heavy (non-hydrogen) atoms. The Labute approximate surface area is 473 Å². The lowest BCUT2D eigenvalue weighted by Crippen LogP contribution is -2.61. The van der Waals surface area contributed by atoms with E-state index in [4.69, 9.17) is 28.4 Å². The van der Waals surface area contributed by atoms with E-state index in [-0.39, 0.29) is 19.4 Å². The van der Waals surface area contributed by atoms with E-state index in [9.17, 15) is 45.3 Å². The molecule has 0 radical (unpaired) electrons. The van der Waals surface area contributed by atoms with Crippen LogP contribution in [0.2, 0.25) is 0 Å². The van der Waals surface area contributed by atoms with Crippen LogP contribution in [0.15, 0.2) is 24.3 Å². The predicted octanol–water partition coefficient (Wildman–Crippen LogP) is 11.8. The summed E-state index contributed by atoms with van der Waals surface area (Å²) in [5.41, 5.74) is 0. The van der Waals surface area contributed by atoms with Crippen molar-refractivity contribution in [2.45, 2.75) is 338 Å². The third-order valence-corrected chi connectivity index (χ3v) is 15.4. The maximum atomic E-state index is 13.1. The van der Waals surface area contributed by atoms with Crippen LogP contribution in [-0.2, 0) is 38.0 Å². The molecule has 0 aliphatic carbocycles. The van der Waals surface area contributed by atoms with Crippen molar-refractivity contribution in [3.63, 3.8) is 0 Å². The van der Waals surface area contributed by atoms with Crippen molar-refractivity contribution < 1.29 is 73.8 Å². The van der Waals surface area contributed by atoms with E-state index < -0.39 is 99.3 Å². The molecule has 11 atom stereocenters. The molecule has 2 rings (SSSR count). The summed E-state index contributed by atoms with van der Waals surface area (Å²) < 4.78 is 33.7. The molecule has 0 aromatic rings. The second kappa shape index (κ2) is 49.6. The van der Waals surface area contributed by atoms with Gasteiger partial charge in [-0.3, -0.25) is 9.59 Å². The van der Waals surface area contributed by atoms with Gasteiger partial charge in [-0.25, -0.2) is 0 Å². The number of ether oxygens (including phenoxy) is 6. The van der Waals surface area contributed by atoms with Crippen molar-refractivity contribution >= 4 is 11.9 Å². The Kier molecular flexibility index (Phi) is 45.8. The Bertz CT molecular complexity index is 1450. The Morgan fingerprint density at radius 2 is 0.756 bits per heavy atom. The molecule has 4 unspecified atom stereocenters. The van der Waals surface area contributed by atoms with Crippen molar-refractivity contribution in [3.05, 3.63) is 24.3 Å². The van der Waals surface area contributed by atoms with Crippen molar-refractivity contribution in [1.29, 1.82) is 0 Å². The van der Waals surface area contributed by atoms with Gasteiger partial charge in [0, 0.05) is 12.8 Å². The fourth-order valence-electron chi connectivity index (χ4n) is 10.2. The number of allylic oxidation sites excluding steroid dienone is 4. The monoisotopic (exact) mass is 1110 g/mol. The lowest BCUT2D eigenvalue weighted by Gasteiger charge is -2.42. The number of carbonyl (C=O) groups excluding carboxylic acids is 2. The van der Waals surface area contributed by atoms with Crippen molar-refractivity contribution in [1.82, 2.24) is 0 Å². The molecular weight excluding hydrogens is 997 g/mol. The fourth-order valence-corrected chi connectivity index (χ4v) is 10.2. The van der Waals surface area contributed by atoms with Crippen LogP contribution in [0.25, 0.3) is 0 Å². The van der Waals surface area contributed by atoms with Gasteiger partial charge >= 0.3 is 11.9 Å². The van der Waals surface area contributed by atoms with E-state index in [2.05, 4.69) is 38.2 Å². The highest BCUT2D eigenvalue weighted by Gasteiger charge is 2.47. The second-order valence-electron chi connectivity index (χ2n) is 22.6. The zero-order valence-corrected chi connectivity index (χ0v) is 49.2. The van der Waals surface area contributed by atoms with Gasteiger partial charge in [-0.2, -0.15) is 0 Å². The zero-order valence-electron chi connectivity index (χ0n) is 49.2. The zero-order chi connectivity index (χ0) is 56.7. The summed E-state index contributed by atoms with van der Waals surface area (Å²) in [6.07, 6.45) is 39.3. The Hall–Kier alpha value is -2.02. The van der Waals surface area contributed by atoms with Gasteiger partial charge in [0.05, 0.1) is 19.8 Å². The van der Waals surface area contributed by atoms with Crippen LogP contribution in [0.1, 0.15) is 271 Å². The lowest BCUT2D eigenvalue weighted by atomic mass is 9.98. The second-order valence-corrected chi connectivity index (χ2v) is 22.6. The molecule has 7 N–H and O–H groups in total. The van der Waals surface area contributed by atoms with Crippen LogP contribution in [0, 0.1) is 0 Å². The normalized spacial score (nSPS) is 24.1. The molecule has 0 bridgehead atoms. The smallest absolute Gasteiger partial charge is 0.306 e. The SMILES string of the molecule is CCCCCCCCCCCCCCCC/C=C/CC/C=C/CCCC(=O)O[C@H](COC(=O)CCCCCCCCCCCCCCCCCCCCC)CO[C@H]1O[C@@H](CO[C@H]2O[C@@H](CO)[C@@H](O)C(O)C2O)[C@@H](O)C(O)C1O. The Morgan fingerprint density at radius 3 is 1.21 bits per heavy atom. The summed E-state index contributed by atoms with van der Waals surface area (Å²) in [5.74, 6) is -0.958. The molecule has 0 spiro atoms. The van der Waals surface area contributed by atoms with Gasteiger partial charge in [-0.15, -0.1) is 0 Å². The van der Waals surface area contributed by atoms with E-state index in [0.29, 0.717) is 19.3 Å². The third kappa shape index (κ3) is 35.8. The van der Waals surface area contributed by atoms with E-state index in [0.717, 1.165) is 38.5 Å². The number of rotatable bonds is 52. The molecule has 0 aromatic carbocycles. The van der Waals surface area contributed by atoms with Crippen molar-refractivity contribution in [2.24, 2.45) is 0 Å². The molecule has 15 heteroatoms.